The van der Waals surface area contributed by atoms with Crippen LogP contribution >= 0.6 is 11.8 Å². The topological polar surface area (TPSA) is 30.5 Å². The summed E-state index contributed by atoms with van der Waals surface area (Å²) < 4.78 is 10.5. The van der Waals surface area contributed by atoms with E-state index in [0.29, 0.717) is 6.04 Å². The number of benzene rings is 1. The highest BCUT2D eigenvalue weighted by molar-refractivity contribution is 7.99. The number of hydrogen-bond acceptors (Lipinski definition) is 4. The summed E-state index contributed by atoms with van der Waals surface area (Å²) in [6.45, 7) is 3.95. The first-order valence-corrected chi connectivity index (χ1v) is 7.27. The van der Waals surface area contributed by atoms with Gasteiger partial charge in [0.15, 0.2) is 0 Å². The van der Waals surface area contributed by atoms with E-state index in [0.717, 1.165) is 31.1 Å². The molecule has 1 rings (SSSR count). The van der Waals surface area contributed by atoms with Crippen LogP contribution in [0, 0.1) is 0 Å². The van der Waals surface area contributed by atoms with Gasteiger partial charge in [0.25, 0.3) is 0 Å². The SMILES string of the molecule is CCCNC(COC)CSc1cccc(OC)c1. The molecule has 1 atom stereocenters. The van der Waals surface area contributed by atoms with Crippen LogP contribution in [-0.4, -0.2) is 39.2 Å². The van der Waals surface area contributed by atoms with Crippen molar-refractivity contribution in [3.63, 3.8) is 0 Å². The zero-order chi connectivity index (χ0) is 13.2. The van der Waals surface area contributed by atoms with Crippen molar-refractivity contribution in [2.45, 2.75) is 24.3 Å². The van der Waals surface area contributed by atoms with Gasteiger partial charge in [-0.2, -0.15) is 0 Å². The Kier molecular flexibility index (Phi) is 7.89. The zero-order valence-electron chi connectivity index (χ0n) is 11.4. The average Bonchev–Trinajstić information content (AvgIpc) is 2.42. The molecule has 0 aliphatic carbocycles. The third-order valence-electron chi connectivity index (χ3n) is 2.54. The third-order valence-corrected chi connectivity index (χ3v) is 3.70. The second-order valence-electron chi connectivity index (χ2n) is 4.10. The van der Waals surface area contributed by atoms with E-state index in [4.69, 9.17) is 9.47 Å². The summed E-state index contributed by atoms with van der Waals surface area (Å²) in [7, 11) is 3.44. The van der Waals surface area contributed by atoms with E-state index in [2.05, 4.69) is 24.4 Å². The highest BCUT2D eigenvalue weighted by atomic mass is 32.2. The van der Waals surface area contributed by atoms with Gasteiger partial charge in [0.1, 0.15) is 5.75 Å². The van der Waals surface area contributed by atoms with E-state index < -0.39 is 0 Å². The number of ether oxygens (including phenoxy) is 2. The monoisotopic (exact) mass is 269 g/mol. The molecule has 0 aromatic heterocycles. The summed E-state index contributed by atoms with van der Waals surface area (Å²) in [6, 6.07) is 8.55. The maximum absolute atomic E-state index is 5.23. The molecule has 18 heavy (non-hydrogen) atoms. The normalized spacial score (nSPS) is 12.4. The van der Waals surface area contributed by atoms with Gasteiger partial charge in [0.05, 0.1) is 13.7 Å². The van der Waals surface area contributed by atoms with E-state index in [-0.39, 0.29) is 0 Å². The van der Waals surface area contributed by atoms with E-state index in [1.54, 1.807) is 14.2 Å². The fourth-order valence-electron chi connectivity index (χ4n) is 1.60. The minimum atomic E-state index is 0.395. The molecule has 1 aromatic carbocycles. The molecular formula is C14H23NO2S. The van der Waals surface area contributed by atoms with Crippen molar-refractivity contribution in [2.24, 2.45) is 0 Å². The van der Waals surface area contributed by atoms with Gasteiger partial charge in [-0.15, -0.1) is 11.8 Å². The minimum Gasteiger partial charge on any atom is -0.497 e. The Morgan fingerprint density at radius 1 is 1.33 bits per heavy atom. The summed E-state index contributed by atoms with van der Waals surface area (Å²) in [5, 5.41) is 3.49. The Morgan fingerprint density at radius 3 is 2.83 bits per heavy atom. The van der Waals surface area contributed by atoms with Crippen molar-refractivity contribution in [3.8, 4) is 5.75 Å². The van der Waals surface area contributed by atoms with Gasteiger partial charge in [-0.05, 0) is 31.2 Å². The van der Waals surface area contributed by atoms with E-state index in [1.807, 2.05) is 23.9 Å². The number of nitrogens with one attached hydrogen (secondary N) is 1. The number of hydrogen-bond donors (Lipinski definition) is 1. The molecule has 0 radical (unpaired) electrons. The Hall–Kier alpha value is -0.710. The maximum atomic E-state index is 5.23. The second-order valence-corrected chi connectivity index (χ2v) is 5.19. The Balaban J connectivity index is 2.44. The first-order valence-electron chi connectivity index (χ1n) is 6.29. The van der Waals surface area contributed by atoms with Crippen molar-refractivity contribution in [1.29, 1.82) is 0 Å². The summed E-state index contributed by atoms with van der Waals surface area (Å²) in [5.41, 5.74) is 0. The van der Waals surface area contributed by atoms with Crippen molar-refractivity contribution in [2.75, 3.05) is 33.1 Å². The molecule has 3 nitrogen and oxygen atoms in total. The lowest BCUT2D eigenvalue weighted by Gasteiger charge is -2.17. The highest BCUT2D eigenvalue weighted by Gasteiger charge is 2.08. The summed E-state index contributed by atoms with van der Waals surface area (Å²) in [5.74, 6) is 1.91. The zero-order valence-corrected chi connectivity index (χ0v) is 12.3. The molecule has 0 heterocycles. The lowest BCUT2D eigenvalue weighted by molar-refractivity contribution is 0.174. The van der Waals surface area contributed by atoms with Crippen LogP contribution in [0.15, 0.2) is 29.2 Å². The second kappa shape index (κ2) is 9.25. The molecule has 0 saturated carbocycles. The molecule has 4 heteroatoms. The first-order chi connectivity index (χ1) is 8.80. The van der Waals surface area contributed by atoms with Gasteiger partial charge in [-0.25, -0.2) is 0 Å². The summed E-state index contributed by atoms with van der Waals surface area (Å²) in [6.07, 6.45) is 1.14. The van der Waals surface area contributed by atoms with Crippen LogP contribution in [-0.2, 0) is 4.74 Å². The summed E-state index contributed by atoms with van der Waals surface area (Å²) >= 11 is 1.83. The van der Waals surface area contributed by atoms with E-state index in [1.165, 1.54) is 4.90 Å². The smallest absolute Gasteiger partial charge is 0.119 e. The van der Waals surface area contributed by atoms with Crippen LogP contribution in [0.1, 0.15) is 13.3 Å². The lowest BCUT2D eigenvalue weighted by Crippen LogP contribution is -2.35. The van der Waals surface area contributed by atoms with Crippen LogP contribution in [0.2, 0.25) is 0 Å². The van der Waals surface area contributed by atoms with Crippen LogP contribution in [0.5, 0.6) is 5.75 Å². The molecule has 0 bridgehead atoms. The lowest BCUT2D eigenvalue weighted by atomic mass is 10.3. The Morgan fingerprint density at radius 2 is 2.17 bits per heavy atom. The van der Waals surface area contributed by atoms with Crippen molar-refractivity contribution in [3.05, 3.63) is 24.3 Å². The van der Waals surface area contributed by atoms with E-state index in [9.17, 15) is 0 Å². The molecule has 0 fully saturated rings. The maximum Gasteiger partial charge on any atom is 0.119 e. The molecule has 0 aliphatic heterocycles. The molecule has 102 valence electrons. The van der Waals surface area contributed by atoms with Gasteiger partial charge in [-0.1, -0.05) is 13.0 Å². The average molecular weight is 269 g/mol. The van der Waals surface area contributed by atoms with Gasteiger partial charge >= 0.3 is 0 Å². The van der Waals surface area contributed by atoms with Crippen molar-refractivity contribution >= 4 is 11.8 Å². The van der Waals surface area contributed by atoms with Crippen LogP contribution in [0.3, 0.4) is 0 Å². The highest BCUT2D eigenvalue weighted by Crippen LogP contribution is 2.23. The predicted octanol–water partition coefficient (Wildman–Crippen LogP) is 2.80. The quantitative estimate of drug-likeness (QED) is 0.698. The number of rotatable bonds is 9. The van der Waals surface area contributed by atoms with Gasteiger partial charge in [0, 0.05) is 23.8 Å². The molecule has 0 aliphatic rings. The minimum absolute atomic E-state index is 0.395. The number of methoxy groups -OCH3 is 2. The van der Waals surface area contributed by atoms with Crippen molar-refractivity contribution in [1.82, 2.24) is 5.32 Å². The van der Waals surface area contributed by atoms with Gasteiger partial charge in [0.2, 0.25) is 0 Å². The molecule has 1 unspecified atom stereocenters. The van der Waals surface area contributed by atoms with Crippen LogP contribution < -0.4 is 10.1 Å². The summed E-state index contributed by atoms with van der Waals surface area (Å²) in [4.78, 5) is 1.23. The molecule has 0 saturated heterocycles. The number of thioether (sulfide) groups is 1. The van der Waals surface area contributed by atoms with Crippen molar-refractivity contribution < 1.29 is 9.47 Å². The first kappa shape index (κ1) is 15.3. The fraction of sp³-hybridized carbons (Fsp3) is 0.571. The Labute approximate surface area is 114 Å². The largest absolute Gasteiger partial charge is 0.497 e. The molecule has 1 aromatic rings. The molecule has 1 N–H and O–H groups in total. The standard InChI is InChI=1S/C14H23NO2S/c1-4-8-15-12(10-16-2)11-18-14-7-5-6-13(9-14)17-3/h5-7,9,12,15H,4,8,10-11H2,1-3H3. The van der Waals surface area contributed by atoms with Crippen LogP contribution in [0.4, 0.5) is 0 Å². The van der Waals surface area contributed by atoms with E-state index >= 15 is 0 Å². The molecule has 0 spiro atoms. The fourth-order valence-corrected chi connectivity index (χ4v) is 2.59. The molecule has 0 amide bonds. The molecular weight excluding hydrogens is 246 g/mol. The predicted molar refractivity (Wildman–Crippen MR) is 77.7 cm³/mol. The third kappa shape index (κ3) is 5.76. The van der Waals surface area contributed by atoms with Gasteiger partial charge < -0.3 is 14.8 Å². The van der Waals surface area contributed by atoms with Gasteiger partial charge in [-0.3, -0.25) is 0 Å². The Bertz CT molecular complexity index is 333. The van der Waals surface area contributed by atoms with Crippen LogP contribution in [0.25, 0.3) is 0 Å².